The van der Waals surface area contributed by atoms with Gasteiger partial charge in [-0.3, -0.25) is 0 Å². The van der Waals surface area contributed by atoms with E-state index in [1.165, 1.54) is 28.4 Å². The summed E-state index contributed by atoms with van der Waals surface area (Å²) in [6.07, 6.45) is 5.29. The molecule has 2 atom stereocenters. The normalized spacial score (nSPS) is 17.9. The smallest absolute Gasteiger partial charge is 0.0759 e. The molecule has 1 saturated carbocycles. The third kappa shape index (κ3) is 5.01. The second kappa shape index (κ2) is 8.35. The van der Waals surface area contributed by atoms with Gasteiger partial charge < -0.3 is 10.1 Å². The zero-order valence-corrected chi connectivity index (χ0v) is 14.7. The van der Waals surface area contributed by atoms with Gasteiger partial charge in [-0.05, 0) is 85.4 Å². The summed E-state index contributed by atoms with van der Waals surface area (Å²) in [6.45, 7) is 6.22. The van der Waals surface area contributed by atoms with Crippen molar-refractivity contribution in [1.29, 1.82) is 0 Å². The molecule has 2 rings (SSSR count). The molecule has 1 N–H and O–H groups in total. The molecule has 0 heterocycles. The lowest BCUT2D eigenvalue weighted by atomic mass is 9.98. The Morgan fingerprint density at radius 1 is 1.25 bits per heavy atom. The van der Waals surface area contributed by atoms with E-state index < -0.39 is 0 Å². The van der Waals surface area contributed by atoms with Crippen LogP contribution < -0.4 is 5.32 Å². The Labute approximate surface area is 136 Å². The van der Waals surface area contributed by atoms with Gasteiger partial charge >= 0.3 is 0 Å². The Balaban J connectivity index is 2.02. The zero-order chi connectivity index (χ0) is 14.4. The van der Waals surface area contributed by atoms with E-state index in [-0.39, 0.29) is 0 Å². The number of ether oxygens (including phenoxy) is 1. The molecule has 0 spiro atoms. The van der Waals surface area contributed by atoms with Crippen molar-refractivity contribution in [3.8, 4) is 0 Å². The van der Waals surface area contributed by atoms with Crippen molar-refractivity contribution in [2.24, 2.45) is 5.92 Å². The first-order valence-electron chi connectivity index (χ1n) is 7.84. The molecule has 2 nitrogen and oxygen atoms in total. The minimum atomic E-state index is 0.380. The van der Waals surface area contributed by atoms with E-state index in [1.807, 2.05) is 0 Å². The minimum Gasteiger partial charge on any atom is -0.377 e. The SMILES string of the molecule is CCCNC(Cc1ccc(I)cc1)C(OCC)C1CC1. The number of rotatable bonds is 9. The molecule has 112 valence electrons. The van der Waals surface area contributed by atoms with E-state index in [2.05, 4.69) is 66.0 Å². The first-order chi connectivity index (χ1) is 9.74. The van der Waals surface area contributed by atoms with Crippen LogP contribution in [0, 0.1) is 9.49 Å². The molecule has 1 fully saturated rings. The molecular weight excluding hydrogens is 361 g/mol. The van der Waals surface area contributed by atoms with Crippen molar-refractivity contribution >= 4 is 22.6 Å². The fourth-order valence-electron chi connectivity index (χ4n) is 2.71. The van der Waals surface area contributed by atoms with Crippen LogP contribution in [-0.2, 0) is 11.2 Å². The molecule has 1 aromatic carbocycles. The molecule has 0 bridgehead atoms. The average Bonchev–Trinajstić information content (AvgIpc) is 3.28. The van der Waals surface area contributed by atoms with Gasteiger partial charge in [0.25, 0.3) is 0 Å². The van der Waals surface area contributed by atoms with Crippen LogP contribution in [0.25, 0.3) is 0 Å². The van der Waals surface area contributed by atoms with Crippen molar-refractivity contribution in [2.75, 3.05) is 13.2 Å². The van der Waals surface area contributed by atoms with Gasteiger partial charge in [-0.2, -0.15) is 0 Å². The van der Waals surface area contributed by atoms with Crippen LogP contribution in [0.4, 0.5) is 0 Å². The van der Waals surface area contributed by atoms with Gasteiger partial charge in [0.1, 0.15) is 0 Å². The summed E-state index contributed by atoms with van der Waals surface area (Å²) < 4.78 is 7.36. The van der Waals surface area contributed by atoms with E-state index in [9.17, 15) is 0 Å². The fraction of sp³-hybridized carbons (Fsp3) is 0.647. The monoisotopic (exact) mass is 387 g/mol. The van der Waals surface area contributed by atoms with E-state index in [4.69, 9.17) is 4.74 Å². The highest BCUT2D eigenvalue weighted by Gasteiger charge is 2.36. The molecule has 1 aromatic rings. The van der Waals surface area contributed by atoms with E-state index in [0.717, 1.165) is 25.5 Å². The minimum absolute atomic E-state index is 0.380. The maximum Gasteiger partial charge on any atom is 0.0759 e. The highest BCUT2D eigenvalue weighted by atomic mass is 127. The Morgan fingerprint density at radius 2 is 1.95 bits per heavy atom. The molecule has 0 saturated heterocycles. The highest BCUT2D eigenvalue weighted by molar-refractivity contribution is 14.1. The Bertz CT molecular complexity index is 388. The molecule has 1 aliphatic rings. The molecule has 20 heavy (non-hydrogen) atoms. The first-order valence-corrected chi connectivity index (χ1v) is 8.91. The largest absolute Gasteiger partial charge is 0.377 e. The van der Waals surface area contributed by atoms with Crippen molar-refractivity contribution < 1.29 is 4.74 Å². The Morgan fingerprint density at radius 3 is 2.50 bits per heavy atom. The maximum atomic E-state index is 6.06. The summed E-state index contributed by atoms with van der Waals surface area (Å²) in [6, 6.07) is 9.33. The summed E-state index contributed by atoms with van der Waals surface area (Å²) >= 11 is 2.36. The Kier molecular flexibility index (Phi) is 6.78. The van der Waals surface area contributed by atoms with Crippen LogP contribution in [0.15, 0.2) is 24.3 Å². The fourth-order valence-corrected chi connectivity index (χ4v) is 3.07. The molecule has 0 radical (unpaired) electrons. The van der Waals surface area contributed by atoms with Crippen LogP contribution in [0.5, 0.6) is 0 Å². The summed E-state index contributed by atoms with van der Waals surface area (Å²) in [4.78, 5) is 0. The van der Waals surface area contributed by atoms with Crippen molar-refractivity contribution in [3.05, 3.63) is 33.4 Å². The first kappa shape index (κ1) is 16.2. The molecule has 0 amide bonds. The molecule has 0 aliphatic heterocycles. The van der Waals surface area contributed by atoms with Gasteiger partial charge in [0.15, 0.2) is 0 Å². The van der Waals surface area contributed by atoms with Crippen LogP contribution >= 0.6 is 22.6 Å². The molecule has 0 aromatic heterocycles. The predicted octanol–water partition coefficient (Wildman–Crippen LogP) is 4.02. The number of halogens is 1. The quantitative estimate of drug-likeness (QED) is 0.647. The zero-order valence-electron chi connectivity index (χ0n) is 12.6. The second-order valence-electron chi connectivity index (χ2n) is 5.65. The van der Waals surface area contributed by atoms with Gasteiger partial charge in [0.05, 0.1) is 6.10 Å². The van der Waals surface area contributed by atoms with Gasteiger partial charge in [-0.15, -0.1) is 0 Å². The lowest BCUT2D eigenvalue weighted by molar-refractivity contribution is 0.0192. The highest BCUT2D eigenvalue weighted by Crippen LogP contribution is 2.36. The number of nitrogens with one attached hydrogen (secondary N) is 1. The van der Waals surface area contributed by atoms with Gasteiger partial charge in [-0.1, -0.05) is 19.1 Å². The van der Waals surface area contributed by atoms with Crippen molar-refractivity contribution in [3.63, 3.8) is 0 Å². The molecule has 1 aliphatic carbocycles. The van der Waals surface area contributed by atoms with Crippen LogP contribution in [0.3, 0.4) is 0 Å². The molecular formula is C17H26INO. The third-order valence-corrected chi connectivity index (χ3v) is 4.59. The van der Waals surface area contributed by atoms with Crippen molar-refractivity contribution in [1.82, 2.24) is 5.32 Å². The molecule has 3 heteroatoms. The average molecular weight is 387 g/mol. The van der Waals surface area contributed by atoms with Gasteiger partial charge in [0, 0.05) is 16.2 Å². The number of hydrogen-bond donors (Lipinski definition) is 1. The van der Waals surface area contributed by atoms with Crippen molar-refractivity contribution in [2.45, 2.75) is 51.7 Å². The van der Waals surface area contributed by atoms with Crippen LogP contribution in [-0.4, -0.2) is 25.3 Å². The molecule has 2 unspecified atom stereocenters. The van der Waals surface area contributed by atoms with Gasteiger partial charge in [0.2, 0.25) is 0 Å². The standard InChI is InChI=1S/C17H26INO/c1-3-11-19-16(17(20-4-2)14-7-8-14)12-13-5-9-15(18)10-6-13/h5-6,9-10,14,16-17,19H,3-4,7-8,11-12H2,1-2H3. The number of benzene rings is 1. The van der Waals surface area contributed by atoms with Gasteiger partial charge in [-0.25, -0.2) is 0 Å². The lowest BCUT2D eigenvalue weighted by Crippen LogP contribution is -2.44. The predicted molar refractivity (Wildman–Crippen MR) is 93.1 cm³/mol. The van der Waals surface area contributed by atoms with E-state index in [0.29, 0.717) is 12.1 Å². The lowest BCUT2D eigenvalue weighted by Gasteiger charge is -2.28. The summed E-state index contributed by atoms with van der Waals surface area (Å²) in [5, 5.41) is 3.71. The summed E-state index contributed by atoms with van der Waals surface area (Å²) in [7, 11) is 0. The Hall–Kier alpha value is -0.130. The maximum absolute atomic E-state index is 6.06. The second-order valence-corrected chi connectivity index (χ2v) is 6.89. The van der Waals surface area contributed by atoms with Crippen LogP contribution in [0.1, 0.15) is 38.7 Å². The summed E-state index contributed by atoms with van der Waals surface area (Å²) in [5.74, 6) is 0.771. The van der Waals surface area contributed by atoms with E-state index >= 15 is 0 Å². The number of hydrogen-bond acceptors (Lipinski definition) is 2. The van der Waals surface area contributed by atoms with Crippen LogP contribution in [0.2, 0.25) is 0 Å². The third-order valence-electron chi connectivity index (χ3n) is 3.87. The summed E-state index contributed by atoms with van der Waals surface area (Å²) in [5.41, 5.74) is 1.41. The topological polar surface area (TPSA) is 21.3 Å². The van der Waals surface area contributed by atoms with E-state index in [1.54, 1.807) is 0 Å².